The van der Waals surface area contributed by atoms with Crippen LogP contribution in [0.15, 0.2) is 0 Å². The largest absolute Gasteiger partial charge is 0.468 e. The molecule has 0 bridgehead atoms. The Morgan fingerprint density at radius 1 is 1.63 bits per heavy atom. The molecule has 0 spiro atoms. The highest BCUT2D eigenvalue weighted by molar-refractivity contribution is 7.99. The summed E-state index contributed by atoms with van der Waals surface area (Å²) in [4.78, 5) is 12.1. The second-order valence-corrected chi connectivity index (χ2v) is 6.83. The van der Waals surface area contributed by atoms with Gasteiger partial charge in [0.2, 0.25) is 0 Å². The first-order valence-electron chi connectivity index (χ1n) is 7.10. The summed E-state index contributed by atoms with van der Waals surface area (Å²) in [5.41, 5.74) is -0.477. The van der Waals surface area contributed by atoms with Gasteiger partial charge in [-0.3, -0.25) is 4.79 Å². The molecule has 0 heterocycles. The van der Waals surface area contributed by atoms with Gasteiger partial charge in [-0.05, 0) is 44.4 Å². The maximum absolute atomic E-state index is 12.1. The molecule has 5 heteroatoms. The quantitative estimate of drug-likeness (QED) is 0.667. The van der Waals surface area contributed by atoms with Gasteiger partial charge in [-0.2, -0.15) is 11.8 Å². The monoisotopic (exact) mass is 289 g/mol. The number of aliphatic hydroxyl groups is 1. The van der Waals surface area contributed by atoms with Crippen molar-refractivity contribution in [2.24, 2.45) is 5.92 Å². The average Bonchev–Trinajstić information content (AvgIpc) is 2.82. The molecular formula is C14H27NO3S. The fourth-order valence-corrected chi connectivity index (χ4v) is 4.12. The molecule has 19 heavy (non-hydrogen) atoms. The molecule has 0 aromatic carbocycles. The topological polar surface area (TPSA) is 58.6 Å². The molecule has 0 aliphatic heterocycles. The third-order valence-electron chi connectivity index (χ3n) is 4.22. The molecule has 112 valence electrons. The van der Waals surface area contributed by atoms with Gasteiger partial charge in [-0.1, -0.05) is 13.3 Å². The smallest absolute Gasteiger partial charge is 0.326 e. The molecule has 0 aromatic rings. The first kappa shape index (κ1) is 16.8. The summed E-state index contributed by atoms with van der Waals surface area (Å²) in [5.74, 6) is 1.27. The number of thioether (sulfide) groups is 1. The predicted molar refractivity (Wildman–Crippen MR) is 79.4 cm³/mol. The van der Waals surface area contributed by atoms with E-state index < -0.39 is 5.54 Å². The Morgan fingerprint density at radius 2 is 2.37 bits per heavy atom. The van der Waals surface area contributed by atoms with E-state index in [2.05, 4.69) is 12.2 Å². The molecule has 0 amide bonds. The fraction of sp³-hybridized carbons (Fsp3) is 0.929. The van der Waals surface area contributed by atoms with Gasteiger partial charge >= 0.3 is 5.97 Å². The van der Waals surface area contributed by atoms with Crippen molar-refractivity contribution >= 4 is 17.7 Å². The molecule has 0 saturated heterocycles. The van der Waals surface area contributed by atoms with Gasteiger partial charge in [0.05, 0.1) is 7.11 Å². The summed E-state index contributed by atoms with van der Waals surface area (Å²) < 4.78 is 4.98. The number of rotatable bonds is 8. The van der Waals surface area contributed by atoms with E-state index in [0.29, 0.717) is 11.2 Å². The molecule has 1 rings (SSSR count). The lowest BCUT2D eigenvalue weighted by Gasteiger charge is -2.32. The number of ether oxygens (including phenoxy) is 1. The summed E-state index contributed by atoms with van der Waals surface area (Å²) in [7, 11) is 3.33. The van der Waals surface area contributed by atoms with Crippen molar-refractivity contribution in [3.05, 3.63) is 0 Å². The minimum absolute atomic E-state index is 0.120. The standard InChI is InChI=1S/C14H27NO3S/c1-11(6-9-16)19-10-7-12-5-4-8-14(12,15-2)13(17)18-3/h11-12,15-16H,4-10H2,1-3H3. The lowest BCUT2D eigenvalue weighted by Crippen LogP contribution is -2.53. The summed E-state index contributed by atoms with van der Waals surface area (Å²) >= 11 is 1.88. The van der Waals surface area contributed by atoms with Crippen LogP contribution in [-0.4, -0.2) is 48.4 Å². The zero-order chi connectivity index (χ0) is 14.3. The molecule has 0 radical (unpaired) electrons. The SMILES string of the molecule is CNC1(C(=O)OC)CCCC1CCSC(C)CCO. The van der Waals surface area contributed by atoms with Crippen LogP contribution in [0.1, 0.15) is 39.0 Å². The lowest BCUT2D eigenvalue weighted by molar-refractivity contribution is -0.150. The van der Waals surface area contributed by atoms with Crippen LogP contribution >= 0.6 is 11.8 Å². The number of likely N-dealkylation sites (N-methyl/N-ethyl adjacent to an activating group) is 1. The summed E-state index contributed by atoms with van der Waals surface area (Å²) in [6.45, 7) is 2.39. The molecule has 3 unspecified atom stereocenters. The third-order valence-corrected chi connectivity index (χ3v) is 5.50. The van der Waals surface area contributed by atoms with E-state index in [-0.39, 0.29) is 12.6 Å². The van der Waals surface area contributed by atoms with Crippen LogP contribution in [0.2, 0.25) is 0 Å². The number of carbonyl (C=O) groups is 1. The van der Waals surface area contributed by atoms with Crippen molar-refractivity contribution in [1.29, 1.82) is 0 Å². The van der Waals surface area contributed by atoms with Crippen molar-refractivity contribution < 1.29 is 14.6 Å². The molecule has 1 aliphatic rings. The maximum atomic E-state index is 12.1. The number of hydrogen-bond acceptors (Lipinski definition) is 5. The Labute approximate surface area is 120 Å². The molecule has 4 nitrogen and oxygen atoms in total. The Kier molecular flexibility index (Phi) is 7.18. The van der Waals surface area contributed by atoms with Crippen LogP contribution < -0.4 is 5.32 Å². The first-order chi connectivity index (χ1) is 9.10. The second kappa shape index (κ2) is 8.12. The number of methoxy groups -OCH3 is 1. The second-order valence-electron chi connectivity index (χ2n) is 5.28. The summed E-state index contributed by atoms with van der Waals surface area (Å²) in [6, 6.07) is 0. The zero-order valence-electron chi connectivity index (χ0n) is 12.3. The Balaban J connectivity index is 2.49. The van der Waals surface area contributed by atoms with Gasteiger partial charge in [-0.25, -0.2) is 0 Å². The van der Waals surface area contributed by atoms with E-state index in [1.807, 2.05) is 18.8 Å². The van der Waals surface area contributed by atoms with E-state index >= 15 is 0 Å². The number of nitrogens with one attached hydrogen (secondary N) is 1. The van der Waals surface area contributed by atoms with Gasteiger partial charge in [0.25, 0.3) is 0 Å². The van der Waals surface area contributed by atoms with Gasteiger partial charge in [0, 0.05) is 11.9 Å². The fourth-order valence-electron chi connectivity index (χ4n) is 3.03. The first-order valence-corrected chi connectivity index (χ1v) is 8.15. The lowest BCUT2D eigenvalue weighted by atomic mass is 9.85. The molecule has 1 aliphatic carbocycles. The highest BCUT2D eigenvalue weighted by Crippen LogP contribution is 2.39. The molecule has 2 N–H and O–H groups in total. The highest BCUT2D eigenvalue weighted by atomic mass is 32.2. The van der Waals surface area contributed by atoms with Crippen LogP contribution in [0, 0.1) is 5.92 Å². The highest BCUT2D eigenvalue weighted by Gasteiger charge is 2.48. The Hall–Kier alpha value is -0.260. The van der Waals surface area contributed by atoms with Gasteiger partial charge < -0.3 is 15.2 Å². The number of carbonyl (C=O) groups excluding carboxylic acids is 1. The Bertz CT molecular complexity index is 288. The minimum atomic E-state index is -0.477. The van der Waals surface area contributed by atoms with Crippen molar-refractivity contribution in [2.45, 2.75) is 49.8 Å². The molecule has 1 fully saturated rings. The average molecular weight is 289 g/mol. The van der Waals surface area contributed by atoms with Crippen molar-refractivity contribution in [3.8, 4) is 0 Å². The maximum Gasteiger partial charge on any atom is 0.326 e. The number of hydrogen-bond donors (Lipinski definition) is 2. The van der Waals surface area contributed by atoms with Crippen LogP contribution in [0.25, 0.3) is 0 Å². The van der Waals surface area contributed by atoms with E-state index in [1.54, 1.807) is 0 Å². The van der Waals surface area contributed by atoms with Crippen molar-refractivity contribution in [2.75, 3.05) is 26.5 Å². The molecule has 3 atom stereocenters. The van der Waals surface area contributed by atoms with E-state index in [4.69, 9.17) is 9.84 Å². The third kappa shape index (κ3) is 4.10. The van der Waals surface area contributed by atoms with Crippen molar-refractivity contribution in [3.63, 3.8) is 0 Å². The summed E-state index contributed by atoms with van der Waals surface area (Å²) in [5, 5.41) is 12.6. The molecule has 0 aromatic heterocycles. The van der Waals surface area contributed by atoms with E-state index in [0.717, 1.165) is 37.9 Å². The van der Waals surface area contributed by atoms with Crippen LogP contribution in [0.5, 0.6) is 0 Å². The normalized spacial score (nSPS) is 28.3. The zero-order valence-corrected chi connectivity index (χ0v) is 13.1. The minimum Gasteiger partial charge on any atom is -0.468 e. The molecule has 1 saturated carbocycles. The summed E-state index contributed by atoms with van der Waals surface area (Å²) in [6.07, 6.45) is 4.90. The van der Waals surface area contributed by atoms with Crippen LogP contribution in [0.3, 0.4) is 0 Å². The van der Waals surface area contributed by atoms with E-state index in [9.17, 15) is 4.79 Å². The Morgan fingerprint density at radius 3 is 2.95 bits per heavy atom. The van der Waals surface area contributed by atoms with Gasteiger partial charge in [0.1, 0.15) is 5.54 Å². The molecular weight excluding hydrogens is 262 g/mol. The number of aliphatic hydroxyl groups excluding tert-OH is 1. The van der Waals surface area contributed by atoms with E-state index in [1.165, 1.54) is 7.11 Å². The van der Waals surface area contributed by atoms with Crippen molar-refractivity contribution in [1.82, 2.24) is 5.32 Å². The van der Waals surface area contributed by atoms with Crippen LogP contribution in [-0.2, 0) is 9.53 Å². The number of esters is 1. The predicted octanol–water partition coefficient (Wildman–Crippen LogP) is 1.81. The van der Waals surface area contributed by atoms with Gasteiger partial charge in [-0.15, -0.1) is 0 Å². The van der Waals surface area contributed by atoms with Crippen LogP contribution in [0.4, 0.5) is 0 Å². The van der Waals surface area contributed by atoms with Gasteiger partial charge in [0.15, 0.2) is 0 Å².